The van der Waals surface area contributed by atoms with Crippen LogP contribution in [-0.2, 0) is 16.1 Å². The topological polar surface area (TPSA) is 62.3 Å². The van der Waals surface area contributed by atoms with E-state index in [0.29, 0.717) is 26.2 Å². The Kier molecular flexibility index (Phi) is 6.55. The molecule has 1 aromatic carbocycles. The predicted octanol–water partition coefficient (Wildman–Crippen LogP) is 1.71. The lowest BCUT2D eigenvalue weighted by Crippen LogP contribution is -2.53. The highest BCUT2D eigenvalue weighted by Crippen LogP contribution is 2.32. The molecule has 0 unspecified atom stereocenters. The van der Waals surface area contributed by atoms with Crippen LogP contribution in [0.5, 0.6) is 11.5 Å². The van der Waals surface area contributed by atoms with E-state index in [4.69, 9.17) is 9.47 Å². The maximum Gasteiger partial charge on any atom is 0.312 e. The minimum Gasteiger partial charge on any atom is -0.454 e. The molecule has 0 bridgehead atoms. The number of benzene rings is 1. The second-order valence-electron chi connectivity index (χ2n) is 7.05. The summed E-state index contributed by atoms with van der Waals surface area (Å²) in [6.07, 6.45) is 1.73. The Bertz CT molecular complexity index is 665. The third-order valence-corrected chi connectivity index (χ3v) is 4.96. The summed E-state index contributed by atoms with van der Waals surface area (Å²) < 4.78 is 10.8. The van der Waals surface area contributed by atoms with Gasteiger partial charge in [-0.1, -0.05) is 19.9 Å². The minimum absolute atomic E-state index is 0.278. The van der Waals surface area contributed by atoms with E-state index in [-0.39, 0.29) is 18.6 Å². The average molecular weight is 375 g/mol. The number of amides is 2. The van der Waals surface area contributed by atoms with E-state index >= 15 is 0 Å². The van der Waals surface area contributed by atoms with Crippen molar-refractivity contribution in [3.63, 3.8) is 0 Å². The molecule has 0 saturated carbocycles. The quantitative estimate of drug-likeness (QED) is 0.709. The minimum atomic E-state index is -0.361. The predicted molar refractivity (Wildman–Crippen MR) is 102 cm³/mol. The molecule has 0 aromatic heterocycles. The van der Waals surface area contributed by atoms with Gasteiger partial charge < -0.3 is 19.3 Å². The van der Waals surface area contributed by atoms with Crippen molar-refractivity contribution in [1.82, 2.24) is 14.7 Å². The highest BCUT2D eigenvalue weighted by Gasteiger charge is 2.29. The Balaban J connectivity index is 1.50. The molecule has 2 amide bonds. The standard InChI is InChI=1S/C20H29N3O4/c1-3-7-22(8-4-2)19(24)20(25)23-11-9-21(10-12-23)14-16-5-6-17-18(13-16)27-15-26-17/h5-6,13H,3-4,7-12,14-15H2,1-2H3. The van der Waals surface area contributed by atoms with Crippen LogP contribution < -0.4 is 9.47 Å². The lowest BCUT2D eigenvalue weighted by Gasteiger charge is -2.35. The summed E-state index contributed by atoms with van der Waals surface area (Å²) in [7, 11) is 0. The van der Waals surface area contributed by atoms with Crippen LogP contribution in [0, 0.1) is 0 Å². The average Bonchev–Trinajstić information content (AvgIpc) is 3.15. The van der Waals surface area contributed by atoms with Crippen LogP contribution >= 0.6 is 0 Å². The van der Waals surface area contributed by atoms with Gasteiger partial charge in [-0.2, -0.15) is 0 Å². The molecule has 0 spiro atoms. The Hall–Kier alpha value is -2.28. The molecule has 2 aliphatic heterocycles. The van der Waals surface area contributed by atoms with Gasteiger partial charge in [-0.15, -0.1) is 0 Å². The molecule has 1 aromatic rings. The van der Waals surface area contributed by atoms with E-state index in [1.165, 1.54) is 0 Å². The van der Waals surface area contributed by atoms with Gasteiger partial charge in [0.1, 0.15) is 0 Å². The molecule has 2 aliphatic rings. The van der Waals surface area contributed by atoms with Gasteiger partial charge in [0.25, 0.3) is 0 Å². The second kappa shape index (κ2) is 9.08. The van der Waals surface area contributed by atoms with E-state index < -0.39 is 0 Å². The summed E-state index contributed by atoms with van der Waals surface area (Å²) in [6.45, 7) is 9.09. The smallest absolute Gasteiger partial charge is 0.312 e. The van der Waals surface area contributed by atoms with Crippen LogP contribution in [0.1, 0.15) is 32.3 Å². The zero-order valence-electron chi connectivity index (χ0n) is 16.3. The Labute approximate surface area is 160 Å². The van der Waals surface area contributed by atoms with E-state index in [9.17, 15) is 9.59 Å². The molecule has 0 atom stereocenters. The van der Waals surface area contributed by atoms with Crippen LogP contribution in [0.3, 0.4) is 0 Å². The molecular weight excluding hydrogens is 346 g/mol. The SMILES string of the molecule is CCCN(CCC)C(=O)C(=O)N1CCN(Cc2ccc3c(c2)OCO3)CC1. The lowest BCUT2D eigenvalue weighted by molar-refractivity contribution is -0.153. The summed E-state index contributed by atoms with van der Waals surface area (Å²) in [4.78, 5) is 30.7. The number of rotatable bonds is 6. The molecule has 27 heavy (non-hydrogen) atoms. The molecule has 1 fully saturated rings. The largest absolute Gasteiger partial charge is 0.454 e. The molecule has 1 saturated heterocycles. The van der Waals surface area contributed by atoms with Crippen molar-refractivity contribution in [1.29, 1.82) is 0 Å². The first-order valence-corrected chi connectivity index (χ1v) is 9.81. The Morgan fingerprint density at radius 1 is 1.00 bits per heavy atom. The first kappa shape index (κ1) is 19.5. The summed E-state index contributed by atoms with van der Waals surface area (Å²) in [6, 6.07) is 5.99. The molecule has 7 heteroatoms. The summed E-state index contributed by atoms with van der Waals surface area (Å²) >= 11 is 0. The van der Waals surface area contributed by atoms with Gasteiger partial charge >= 0.3 is 11.8 Å². The zero-order chi connectivity index (χ0) is 19.2. The number of piperazine rings is 1. The van der Waals surface area contributed by atoms with E-state index in [1.807, 2.05) is 32.0 Å². The van der Waals surface area contributed by atoms with Crippen molar-refractivity contribution in [2.45, 2.75) is 33.2 Å². The van der Waals surface area contributed by atoms with Crippen LogP contribution in [0.15, 0.2) is 18.2 Å². The molecule has 7 nitrogen and oxygen atoms in total. The monoisotopic (exact) mass is 375 g/mol. The number of carbonyl (C=O) groups is 2. The molecule has 0 aliphatic carbocycles. The third kappa shape index (κ3) is 4.71. The normalized spacial score (nSPS) is 16.4. The Morgan fingerprint density at radius 2 is 1.67 bits per heavy atom. The number of ether oxygens (including phenoxy) is 2. The third-order valence-electron chi connectivity index (χ3n) is 4.96. The van der Waals surface area contributed by atoms with Crippen molar-refractivity contribution < 1.29 is 19.1 Å². The molecule has 0 N–H and O–H groups in total. The Morgan fingerprint density at radius 3 is 2.33 bits per heavy atom. The van der Waals surface area contributed by atoms with Gasteiger partial charge in [-0.25, -0.2) is 0 Å². The van der Waals surface area contributed by atoms with Gasteiger partial charge in [-0.05, 0) is 30.5 Å². The fraction of sp³-hybridized carbons (Fsp3) is 0.600. The van der Waals surface area contributed by atoms with Gasteiger partial charge in [-0.3, -0.25) is 14.5 Å². The molecular formula is C20H29N3O4. The number of nitrogens with zero attached hydrogens (tertiary/aromatic N) is 3. The summed E-state index contributed by atoms with van der Waals surface area (Å²) in [5.41, 5.74) is 1.16. The van der Waals surface area contributed by atoms with Gasteiger partial charge in [0.2, 0.25) is 6.79 Å². The van der Waals surface area contributed by atoms with E-state index in [2.05, 4.69) is 4.90 Å². The first-order valence-electron chi connectivity index (χ1n) is 9.81. The number of carbonyl (C=O) groups excluding carboxylic acids is 2. The number of hydrogen-bond acceptors (Lipinski definition) is 5. The first-order chi connectivity index (χ1) is 13.1. The van der Waals surface area contributed by atoms with Crippen molar-refractivity contribution in [3.8, 4) is 11.5 Å². The molecule has 2 heterocycles. The van der Waals surface area contributed by atoms with Crippen LogP contribution in [-0.4, -0.2) is 72.6 Å². The fourth-order valence-corrected chi connectivity index (χ4v) is 3.53. The molecule has 0 radical (unpaired) electrons. The highest BCUT2D eigenvalue weighted by atomic mass is 16.7. The van der Waals surface area contributed by atoms with Crippen LogP contribution in [0.4, 0.5) is 0 Å². The van der Waals surface area contributed by atoms with Gasteiger partial charge in [0, 0.05) is 45.8 Å². The van der Waals surface area contributed by atoms with Crippen LogP contribution in [0.25, 0.3) is 0 Å². The molecule has 148 valence electrons. The maximum absolute atomic E-state index is 12.6. The van der Waals surface area contributed by atoms with E-state index in [1.54, 1.807) is 9.80 Å². The van der Waals surface area contributed by atoms with Crippen molar-refractivity contribution in [2.75, 3.05) is 46.1 Å². The summed E-state index contributed by atoms with van der Waals surface area (Å²) in [5, 5.41) is 0. The van der Waals surface area contributed by atoms with Gasteiger partial charge in [0.05, 0.1) is 0 Å². The van der Waals surface area contributed by atoms with Crippen molar-refractivity contribution in [3.05, 3.63) is 23.8 Å². The number of hydrogen-bond donors (Lipinski definition) is 0. The van der Waals surface area contributed by atoms with Crippen molar-refractivity contribution in [2.24, 2.45) is 0 Å². The fourth-order valence-electron chi connectivity index (χ4n) is 3.53. The number of fused-ring (bicyclic) bond motifs is 1. The lowest BCUT2D eigenvalue weighted by atomic mass is 10.1. The van der Waals surface area contributed by atoms with Crippen LogP contribution in [0.2, 0.25) is 0 Å². The molecule has 3 rings (SSSR count). The van der Waals surface area contributed by atoms with Gasteiger partial charge in [0.15, 0.2) is 11.5 Å². The summed E-state index contributed by atoms with van der Waals surface area (Å²) in [5.74, 6) is 0.859. The van der Waals surface area contributed by atoms with E-state index in [0.717, 1.165) is 49.5 Å². The second-order valence-corrected chi connectivity index (χ2v) is 7.05. The van der Waals surface area contributed by atoms with Crippen molar-refractivity contribution >= 4 is 11.8 Å². The zero-order valence-corrected chi connectivity index (χ0v) is 16.3. The maximum atomic E-state index is 12.6. The highest BCUT2D eigenvalue weighted by molar-refractivity contribution is 6.34.